The predicted octanol–water partition coefficient (Wildman–Crippen LogP) is 1.11. The third-order valence-electron chi connectivity index (χ3n) is 3.01. The summed E-state index contributed by atoms with van der Waals surface area (Å²) in [7, 11) is 3.75. The highest BCUT2D eigenvalue weighted by atomic mass is 16.5. The standard InChI is InChI=1S/C16H26N2O3/c1-12-6-7-14(13(2)8-12)21-9-15(19)17-10-16(3,20)11-18(4)5/h6-8,20H,9-11H2,1-5H3,(H,17,19). The Hall–Kier alpha value is -1.59. The molecule has 1 amide bonds. The second-order valence-corrected chi connectivity index (χ2v) is 6.07. The number of rotatable bonds is 7. The zero-order chi connectivity index (χ0) is 16.0. The van der Waals surface area contributed by atoms with Gasteiger partial charge in [-0.2, -0.15) is 0 Å². The average molecular weight is 294 g/mol. The summed E-state index contributed by atoms with van der Waals surface area (Å²) in [5.41, 5.74) is 1.20. The molecule has 0 bridgehead atoms. The highest BCUT2D eigenvalue weighted by molar-refractivity contribution is 5.77. The minimum atomic E-state index is -0.959. The molecule has 0 saturated heterocycles. The van der Waals surface area contributed by atoms with Crippen LogP contribution in [0.4, 0.5) is 0 Å². The van der Waals surface area contributed by atoms with E-state index in [-0.39, 0.29) is 19.1 Å². The molecule has 0 aliphatic heterocycles. The van der Waals surface area contributed by atoms with Gasteiger partial charge in [-0.1, -0.05) is 17.7 Å². The number of amides is 1. The molecule has 1 rings (SSSR count). The van der Waals surface area contributed by atoms with Crippen molar-refractivity contribution in [2.75, 3.05) is 33.8 Å². The first-order chi connectivity index (χ1) is 9.69. The van der Waals surface area contributed by atoms with Gasteiger partial charge in [0.1, 0.15) is 5.75 Å². The molecule has 0 aromatic heterocycles. The predicted molar refractivity (Wildman–Crippen MR) is 83.6 cm³/mol. The molecule has 1 atom stereocenters. The molecular formula is C16H26N2O3. The molecule has 1 aromatic carbocycles. The van der Waals surface area contributed by atoms with Crippen molar-refractivity contribution in [2.45, 2.75) is 26.4 Å². The van der Waals surface area contributed by atoms with E-state index in [9.17, 15) is 9.90 Å². The van der Waals surface area contributed by atoms with Gasteiger partial charge in [-0.05, 0) is 46.5 Å². The van der Waals surface area contributed by atoms with Crippen molar-refractivity contribution >= 4 is 5.91 Å². The first kappa shape index (κ1) is 17.5. The molecule has 0 heterocycles. The Morgan fingerprint density at radius 1 is 1.38 bits per heavy atom. The van der Waals surface area contributed by atoms with Crippen molar-refractivity contribution in [3.05, 3.63) is 29.3 Å². The Balaban J connectivity index is 2.41. The Bertz CT molecular complexity index is 484. The minimum absolute atomic E-state index is 0.0536. The minimum Gasteiger partial charge on any atom is -0.484 e. The summed E-state index contributed by atoms with van der Waals surface area (Å²) in [6.07, 6.45) is 0. The van der Waals surface area contributed by atoms with Gasteiger partial charge in [0.15, 0.2) is 6.61 Å². The van der Waals surface area contributed by atoms with Crippen LogP contribution in [0.5, 0.6) is 5.75 Å². The van der Waals surface area contributed by atoms with Crippen LogP contribution in [0.3, 0.4) is 0 Å². The lowest BCUT2D eigenvalue weighted by Crippen LogP contribution is -2.47. The number of nitrogens with zero attached hydrogens (tertiary/aromatic N) is 1. The quantitative estimate of drug-likeness (QED) is 0.791. The first-order valence-corrected chi connectivity index (χ1v) is 7.03. The SMILES string of the molecule is Cc1ccc(OCC(=O)NCC(C)(O)CN(C)C)c(C)c1. The van der Waals surface area contributed by atoms with Gasteiger partial charge >= 0.3 is 0 Å². The van der Waals surface area contributed by atoms with Crippen molar-refractivity contribution in [3.63, 3.8) is 0 Å². The number of benzene rings is 1. The van der Waals surface area contributed by atoms with Crippen LogP contribution in [-0.4, -0.2) is 55.3 Å². The van der Waals surface area contributed by atoms with Gasteiger partial charge in [0, 0.05) is 13.1 Å². The van der Waals surface area contributed by atoms with Crippen LogP contribution in [0, 0.1) is 13.8 Å². The number of ether oxygens (including phenoxy) is 1. The fourth-order valence-corrected chi connectivity index (χ4v) is 2.18. The number of carbonyl (C=O) groups is 1. The molecule has 1 unspecified atom stereocenters. The van der Waals surface area contributed by atoms with Crippen LogP contribution in [0.15, 0.2) is 18.2 Å². The smallest absolute Gasteiger partial charge is 0.258 e. The fraction of sp³-hybridized carbons (Fsp3) is 0.562. The van der Waals surface area contributed by atoms with Gasteiger partial charge in [-0.25, -0.2) is 0 Å². The number of hydrogen-bond acceptors (Lipinski definition) is 4. The topological polar surface area (TPSA) is 61.8 Å². The molecule has 5 heteroatoms. The van der Waals surface area contributed by atoms with Crippen molar-refractivity contribution in [1.29, 1.82) is 0 Å². The zero-order valence-electron chi connectivity index (χ0n) is 13.6. The molecule has 0 spiro atoms. The maximum Gasteiger partial charge on any atom is 0.258 e. The van der Waals surface area contributed by atoms with E-state index in [1.807, 2.05) is 51.0 Å². The van der Waals surface area contributed by atoms with Crippen LogP contribution in [0.2, 0.25) is 0 Å². The Morgan fingerprint density at radius 3 is 2.62 bits per heavy atom. The van der Waals surface area contributed by atoms with E-state index in [4.69, 9.17) is 4.74 Å². The molecule has 0 saturated carbocycles. The third-order valence-corrected chi connectivity index (χ3v) is 3.01. The van der Waals surface area contributed by atoms with Crippen molar-refractivity contribution in [1.82, 2.24) is 10.2 Å². The van der Waals surface area contributed by atoms with Gasteiger partial charge in [0.05, 0.1) is 5.60 Å². The molecule has 21 heavy (non-hydrogen) atoms. The van der Waals surface area contributed by atoms with Gasteiger partial charge in [0.25, 0.3) is 5.91 Å². The largest absolute Gasteiger partial charge is 0.484 e. The van der Waals surface area contributed by atoms with E-state index in [1.54, 1.807) is 6.92 Å². The second kappa shape index (κ2) is 7.43. The maximum absolute atomic E-state index is 11.8. The lowest BCUT2D eigenvalue weighted by atomic mass is 10.1. The molecule has 0 aliphatic carbocycles. The molecule has 0 aliphatic rings. The number of carbonyl (C=O) groups excluding carboxylic acids is 1. The average Bonchev–Trinajstić information content (AvgIpc) is 2.34. The van der Waals surface area contributed by atoms with Gasteiger partial charge in [-0.3, -0.25) is 4.79 Å². The first-order valence-electron chi connectivity index (χ1n) is 7.03. The van der Waals surface area contributed by atoms with Crippen LogP contribution in [0.1, 0.15) is 18.1 Å². The maximum atomic E-state index is 11.8. The summed E-state index contributed by atoms with van der Waals surface area (Å²) >= 11 is 0. The highest BCUT2D eigenvalue weighted by Gasteiger charge is 2.22. The number of aliphatic hydroxyl groups is 1. The van der Waals surface area contributed by atoms with E-state index in [2.05, 4.69) is 5.32 Å². The number of aryl methyl sites for hydroxylation is 2. The Kier molecular flexibility index (Phi) is 6.18. The van der Waals surface area contributed by atoms with E-state index in [1.165, 1.54) is 0 Å². The summed E-state index contributed by atoms with van der Waals surface area (Å²) in [6.45, 7) is 6.27. The van der Waals surface area contributed by atoms with Gasteiger partial charge < -0.3 is 20.1 Å². The van der Waals surface area contributed by atoms with Crippen LogP contribution in [0.25, 0.3) is 0 Å². The third kappa shape index (κ3) is 6.60. The lowest BCUT2D eigenvalue weighted by molar-refractivity contribution is -0.124. The van der Waals surface area contributed by atoms with E-state index < -0.39 is 5.60 Å². The van der Waals surface area contributed by atoms with Crippen LogP contribution >= 0.6 is 0 Å². The van der Waals surface area contributed by atoms with Gasteiger partial charge in [0.2, 0.25) is 0 Å². The monoisotopic (exact) mass is 294 g/mol. The number of nitrogens with one attached hydrogen (secondary N) is 1. The Labute approximate surface area is 126 Å². The molecule has 5 nitrogen and oxygen atoms in total. The molecule has 1 aromatic rings. The summed E-state index contributed by atoms with van der Waals surface area (Å²) in [5.74, 6) is 0.463. The van der Waals surface area contributed by atoms with Crippen molar-refractivity contribution < 1.29 is 14.6 Å². The molecule has 2 N–H and O–H groups in total. The number of likely N-dealkylation sites (N-methyl/N-ethyl adjacent to an activating group) is 1. The molecular weight excluding hydrogens is 268 g/mol. The number of hydrogen-bond donors (Lipinski definition) is 2. The van der Waals surface area contributed by atoms with E-state index >= 15 is 0 Å². The van der Waals surface area contributed by atoms with Crippen molar-refractivity contribution in [3.8, 4) is 5.75 Å². The zero-order valence-corrected chi connectivity index (χ0v) is 13.6. The summed E-state index contributed by atoms with van der Waals surface area (Å²) in [6, 6.07) is 5.82. The molecule has 0 radical (unpaired) electrons. The normalized spacial score (nSPS) is 13.9. The second-order valence-electron chi connectivity index (χ2n) is 6.07. The molecule has 0 fully saturated rings. The van der Waals surface area contributed by atoms with Crippen LogP contribution < -0.4 is 10.1 Å². The summed E-state index contributed by atoms with van der Waals surface area (Å²) in [4.78, 5) is 13.6. The van der Waals surface area contributed by atoms with E-state index in [0.717, 1.165) is 11.1 Å². The fourth-order valence-electron chi connectivity index (χ4n) is 2.18. The lowest BCUT2D eigenvalue weighted by Gasteiger charge is -2.27. The highest BCUT2D eigenvalue weighted by Crippen LogP contribution is 2.18. The molecule has 118 valence electrons. The summed E-state index contributed by atoms with van der Waals surface area (Å²) in [5, 5.41) is 12.8. The van der Waals surface area contributed by atoms with Crippen LogP contribution in [-0.2, 0) is 4.79 Å². The van der Waals surface area contributed by atoms with Crippen molar-refractivity contribution in [2.24, 2.45) is 0 Å². The Morgan fingerprint density at radius 2 is 2.05 bits per heavy atom. The van der Waals surface area contributed by atoms with Gasteiger partial charge in [-0.15, -0.1) is 0 Å². The summed E-state index contributed by atoms with van der Waals surface area (Å²) < 4.78 is 5.50. The van der Waals surface area contributed by atoms with E-state index in [0.29, 0.717) is 12.3 Å².